The zero-order valence-electron chi connectivity index (χ0n) is 10.9. The minimum atomic E-state index is -0.910. The van der Waals surface area contributed by atoms with Crippen molar-refractivity contribution in [3.63, 3.8) is 0 Å². The van der Waals surface area contributed by atoms with Gasteiger partial charge in [-0.25, -0.2) is 0 Å². The highest BCUT2D eigenvalue weighted by Crippen LogP contribution is 2.17. The van der Waals surface area contributed by atoms with Gasteiger partial charge in [0.15, 0.2) is 0 Å². The molecule has 1 amide bonds. The fraction of sp³-hybridized carbons (Fsp3) is 0.462. The largest absolute Gasteiger partial charge is 0.481 e. The van der Waals surface area contributed by atoms with Gasteiger partial charge >= 0.3 is 5.97 Å². The second-order valence-electron chi connectivity index (χ2n) is 5.01. The van der Waals surface area contributed by atoms with Crippen LogP contribution in [0.2, 0.25) is 0 Å². The van der Waals surface area contributed by atoms with Gasteiger partial charge in [0.25, 0.3) is 5.91 Å². The van der Waals surface area contributed by atoms with Crippen molar-refractivity contribution in [3.05, 3.63) is 30.1 Å². The summed E-state index contributed by atoms with van der Waals surface area (Å²) in [5.41, 5.74) is 0.0980. The molecule has 1 aromatic heterocycles. The summed E-state index contributed by atoms with van der Waals surface area (Å²) in [6, 6.07) is 3.25. The van der Waals surface area contributed by atoms with E-state index in [-0.39, 0.29) is 18.9 Å². The second-order valence-corrected chi connectivity index (χ2v) is 5.01. The number of aromatic nitrogens is 1. The number of carbonyl (C=O) groups excluding carboxylic acids is 1. The number of pyridine rings is 1. The molecular weight excluding hydrogens is 232 g/mol. The summed E-state index contributed by atoms with van der Waals surface area (Å²) in [5.74, 6) is -1.09. The zero-order chi connectivity index (χ0) is 13.8. The third kappa shape index (κ3) is 3.84. The van der Waals surface area contributed by atoms with Crippen LogP contribution in [0, 0.1) is 0 Å². The molecule has 5 nitrogen and oxygen atoms in total. The fourth-order valence-corrected chi connectivity index (χ4v) is 1.60. The van der Waals surface area contributed by atoms with Gasteiger partial charge in [-0.2, -0.15) is 0 Å². The lowest BCUT2D eigenvalue weighted by Crippen LogP contribution is -2.46. The minimum Gasteiger partial charge on any atom is -0.481 e. The van der Waals surface area contributed by atoms with Crippen molar-refractivity contribution >= 4 is 11.9 Å². The molecule has 0 unspecified atom stereocenters. The lowest BCUT2D eigenvalue weighted by Gasteiger charge is -2.35. The first kappa shape index (κ1) is 14.2. The Balaban J connectivity index is 2.90. The summed E-state index contributed by atoms with van der Waals surface area (Å²) < 4.78 is 0. The second kappa shape index (κ2) is 5.62. The van der Waals surface area contributed by atoms with Crippen molar-refractivity contribution in [2.75, 3.05) is 6.54 Å². The molecule has 1 rings (SSSR count). The van der Waals surface area contributed by atoms with Crippen molar-refractivity contribution in [1.29, 1.82) is 0 Å². The third-order valence-electron chi connectivity index (χ3n) is 2.53. The average Bonchev–Trinajstić information content (AvgIpc) is 2.28. The molecule has 0 aliphatic carbocycles. The molecule has 0 saturated carbocycles. The van der Waals surface area contributed by atoms with Crippen molar-refractivity contribution < 1.29 is 14.7 Å². The molecule has 0 spiro atoms. The number of carboxylic acids is 1. The first-order valence-corrected chi connectivity index (χ1v) is 5.76. The molecule has 0 aromatic carbocycles. The van der Waals surface area contributed by atoms with Gasteiger partial charge in [-0.15, -0.1) is 0 Å². The summed E-state index contributed by atoms with van der Waals surface area (Å²) in [6.07, 6.45) is 3.03. The lowest BCUT2D eigenvalue weighted by atomic mass is 10.0. The van der Waals surface area contributed by atoms with Crippen LogP contribution in [0.25, 0.3) is 0 Å². The van der Waals surface area contributed by atoms with Crippen LogP contribution in [-0.4, -0.2) is 39.0 Å². The van der Waals surface area contributed by atoms with Crippen LogP contribution in [0.1, 0.15) is 37.6 Å². The standard InChI is InChI=1S/C13H18N2O3/c1-13(2,3)15(9-6-11(16)17)12(18)10-4-7-14-8-5-10/h4-5,7-8H,6,9H2,1-3H3,(H,16,17). The van der Waals surface area contributed by atoms with Gasteiger partial charge in [0.1, 0.15) is 0 Å². The van der Waals surface area contributed by atoms with Crippen LogP contribution in [0.5, 0.6) is 0 Å². The van der Waals surface area contributed by atoms with Gasteiger partial charge in [-0.1, -0.05) is 0 Å². The quantitative estimate of drug-likeness (QED) is 0.884. The van der Waals surface area contributed by atoms with E-state index in [4.69, 9.17) is 5.11 Å². The summed E-state index contributed by atoms with van der Waals surface area (Å²) >= 11 is 0. The van der Waals surface area contributed by atoms with Crippen molar-refractivity contribution in [1.82, 2.24) is 9.88 Å². The van der Waals surface area contributed by atoms with E-state index in [1.54, 1.807) is 29.4 Å². The zero-order valence-corrected chi connectivity index (χ0v) is 10.9. The molecule has 1 aromatic rings. The maximum absolute atomic E-state index is 12.3. The van der Waals surface area contributed by atoms with E-state index in [0.29, 0.717) is 5.56 Å². The molecule has 0 radical (unpaired) electrons. The van der Waals surface area contributed by atoms with Crippen molar-refractivity contribution in [2.24, 2.45) is 0 Å². The fourth-order valence-electron chi connectivity index (χ4n) is 1.60. The molecule has 98 valence electrons. The van der Waals surface area contributed by atoms with Crippen LogP contribution in [0.15, 0.2) is 24.5 Å². The predicted octanol–water partition coefficient (Wildman–Crippen LogP) is 1.80. The van der Waals surface area contributed by atoms with Crippen LogP contribution in [0.3, 0.4) is 0 Å². The monoisotopic (exact) mass is 250 g/mol. The van der Waals surface area contributed by atoms with E-state index >= 15 is 0 Å². The van der Waals surface area contributed by atoms with Crippen LogP contribution in [-0.2, 0) is 4.79 Å². The number of hydrogen-bond acceptors (Lipinski definition) is 3. The average molecular weight is 250 g/mol. The summed E-state index contributed by atoms with van der Waals surface area (Å²) in [5, 5.41) is 8.73. The maximum Gasteiger partial charge on any atom is 0.305 e. The number of nitrogens with zero attached hydrogens (tertiary/aromatic N) is 2. The van der Waals surface area contributed by atoms with E-state index in [1.807, 2.05) is 20.8 Å². The summed E-state index contributed by atoms with van der Waals surface area (Å²) in [6.45, 7) is 5.84. The molecule has 0 fully saturated rings. The number of aliphatic carboxylic acids is 1. The molecule has 1 N–H and O–H groups in total. The molecule has 0 aliphatic rings. The highest BCUT2D eigenvalue weighted by atomic mass is 16.4. The summed E-state index contributed by atoms with van der Waals surface area (Å²) in [7, 11) is 0. The number of carboxylic acid groups (broad SMARTS) is 1. The third-order valence-corrected chi connectivity index (χ3v) is 2.53. The number of hydrogen-bond donors (Lipinski definition) is 1. The molecule has 0 atom stereocenters. The highest BCUT2D eigenvalue weighted by molar-refractivity contribution is 5.94. The molecule has 18 heavy (non-hydrogen) atoms. The SMILES string of the molecule is CC(C)(C)N(CCC(=O)O)C(=O)c1ccncc1. The van der Waals surface area contributed by atoms with Gasteiger partial charge in [0.2, 0.25) is 0 Å². The van der Waals surface area contributed by atoms with Gasteiger partial charge in [0.05, 0.1) is 6.42 Å². The van der Waals surface area contributed by atoms with Gasteiger partial charge < -0.3 is 10.0 Å². The van der Waals surface area contributed by atoms with E-state index in [1.165, 1.54) is 0 Å². The molecular formula is C13H18N2O3. The Morgan fingerprint density at radius 3 is 2.28 bits per heavy atom. The Morgan fingerprint density at radius 1 is 1.28 bits per heavy atom. The molecule has 5 heteroatoms. The number of rotatable bonds is 4. The van der Waals surface area contributed by atoms with E-state index in [9.17, 15) is 9.59 Å². The Labute approximate surface area is 106 Å². The first-order chi connectivity index (χ1) is 8.32. The first-order valence-electron chi connectivity index (χ1n) is 5.76. The normalized spacial score (nSPS) is 11.1. The Morgan fingerprint density at radius 2 is 1.83 bits per heavy atom. The van der Waals surface area contributed by atoms with Crippen LogP contribution in [0.4, 0.5) is 0 Å². The molecule has 0 bridgehead atoms. The topological polar surface area (TPSA) is 70.5 Å². The number of carbonyl (C=O) groups is 2. The van der Waals surface area contributed by atoms with Gasteiger partial charge in [-0.05, 0) is 32.9 Å². The van der Waals surface area contributed by atoms with Crippen LogP contribution < -0.4 is 0 Å². The highest BCUT2D eigenvalue weighted by Gasteiger charge is 2.27. The van der Waals surface area contributed by atoms with Crippen molar-refractivity contribution in [2.45, 2.75) is 32.7 Å². The molecule has 0 aliphatic heterocycles. The smallest absolute Gasteiger partial charge is 0.305 e. The Bertz CT molecular complexity index is 424. The van der Waals surface area contributed by atoms with E-state index < -0.39 is 11.5 Å². The molecule has 1 heterocycles. The van der Waals surface area contributed by atoms with E-state index in [2.05, 4.69) is 4.98 Å². The number of amides is 1. The molecule has 0 saturated heterocycles. The van der Waals surface area contributed by atoms with Crippen LogP contribution >= 0.6 is 0 Å². The van der Waals surface area contributed by atoms with Gasteiger partial charge in [-0.3, -0.25) is 14.6 Å². The lowest BCUT2D eigenvalue weighted by molar-refractivity contribution is -0.137. The summed E-state index contributed by atoms with van der Waals surface area (Å²) in [4.78, 5) is 28.4. The minimum absolute atomic E-state index is 0.0614. The Hall–Kier alpha value is -1.91. The van der Waals surface area contributed by atoms with Crippen molar-refractivity contribution in [3.8, 4) is 0 Å². The van der Waals surface area contributed by atoms with E-state index in [0.717, 1.165) is 0 Å². The predicted molar refractivity (Wildman–Crippen MR) is 67.3 cm³/mol. The Kier molecular flexibility index (Phi) is 4.42. The van der Waals surface area contributed by atoms with Gasteiger partial charge in [0, 0.05) is 30.0 Å². The maximum atomic E-state index is 12.3.